The second-order valence-corrected chi connectivity index (χ2v) is 11.7. The summed E-state index contributed by atoms with van der Waals surface area (Å²) in [7, 11) is 3.64. The van der Waals surface area contributed by atoms with Gasteiger partial charge in [0.05, 0.1) is 23.9 Å². The molecule has 230 valence electrons. The van der Waals surface area contributed by atoms with E-state index in [2.05, 4.69) is 61.2 Å². The van der Waals surface area contributed by atoms with Crippen LogP contribution in [0.2, 0.25) is 0 Å². The van der Waals surface area contributed by atoms with Gasteiger partial charge in [0.25, 0.3) is 0 Å². The molecule has 0 atom stereocenters. The highest BCUT2D eigenvalue weighted by atomic mass is 19.4. The number of hydrogen-bond donors (Lipinski definition) is 1. The molecule has 2 aliphatic rings. The standard InChI is InChI=1S/C31H39F3N8O/c1-4-35-28-17-26-25(18-36-28)29(22-7-5-21(6-8-22)19-41-15-13-39(2)14-16-41)37-42(26)23-9-11-24(12-10-23)43-27-20-40(3)38-30(27)31(32,33)34/h5-8,17-18,20,23-24H,4,9-16,19H2,1-3H3,(H,35,36). The predicted octanol–water partition coefficient (Wildman–Crippen LogP) is 5.59. The molecule has 0 unspecified atom stereocenters. The van der Waals surface area contributed by atoms with E-state index >= 15 is 0 Å². The Morgan fingerprint density at radius 1 is 0.977 bits per heavy atom. The van der Waals surface area contributed by atoms with E-state index < -0.39 is 11.9 Å². The molecule has 1 aromatic carbocycles. The number of aromatic nitrogens is 5. The lowest BCUT2D eigenvalue weighted by Crippen LogP contribution is -2.43. The Morgan fingerprint density at radius 3 is 2.37 bits per heavy atom. The molecule has 4 heterocycles. The van der Waals surface area contributed by atoms with Crippen molar-refractivity contribution in [2.75, 3.05) is 45.1 Å². The number of anilines is 1. The van der Waals surface area contributed by atoms with Crippen molar-refractivity contribution in [1.29, 1.82) is 0 Å². The van der Waals surface area contributed by atoms with Gasteiger partial charge in [-0.15, -0.1) is 0 Å². The highest BCUT2D eigenvalue weighted by Gasteiger charge is 2.39. The number of ether oxygens (including phenoxy) is 1. The Labute approximate surface area is 249 Å². The third kappa shape index (κ3) is 6.50. The molecule has 1 aliphatic carbocycles. The summed E-state index contributed by atoms with van der Waals surface area (Å²) in [5, 5.41) is 13.0. The van der Waals surface area contributed by atoms with Crippen LogP contribution in [0.3, 0.4) is 0 Å². The highest BCUT2D eigenvalue weighted by Crippen LogP contribution is 2.39. The van der Waals surface area contributed by atoms with Crippen LogP contribution in [-0.4, -0.2) is 80.2 Å². The zero-order chi connectivity index (χ0) is 30.1. The van der Waals surface area contributed by atoms with Crippen molar-refractivity contribution < 1.29 is 17.9 Å². The lowest BCUT2D eigenvalue weighted by Gasteiger charge is -2.32. The van der Waals surface area contributed by atoms with Crippen LogP contribution in [0.15, 0.2) is 42.7 Å². The molecule has 12 heteroatoms. The summed E-state index contributed by atoms with van der Waals surface area (Å²) >= 11 is 0. The summed E-state index contributed by atoms with van der Waals surface area (Å²) in [5.74, 6) is 0.584. The average Bonchev–Trinajstić information content (AvgIpc) is 3.55. The first-order valence-corrected chi connectivity index (χ1v) is 15.1. The van der Waals surface area contributed by atoms with E-state index in [1.807, 2.05) is 19.2 Å². The summed E-state index contributed by atoms with van der Waals surface area (Å²) in [5.41, 5.74) is 3.24. The maximum absolute atomic E-state index is 13.4. The zero-order valence-corrected chi connectivity index (χ0v) is 24.9. The van der Waals surface area contributed by atoms with Crippen LogP contribution >= 0.6 is 0 Å². The fourth-order valence-electron chi connectivity index (χ4n) is 6.17. The van der Waals surface area contributed by atoms with Crippen LogP contribution in [0.25, 0.3) is 22.2 Å². The largest absolute Gasteiger partial charge is 0.486 e. The van der Waals surface area contributed by atoms with Crippen molar-refractivity contribution in [3.63, 3.8) is 0 Å². The lowest BCUT2D eigenvalue weighted by molar-refractivity contribution is -0.143. The molecule has 1 aliphatic heterocycles. The number of nitrogens with zero attached hydrogens (tertiary/aromatic N) is 7. The van der Waals surface area contributed by atoms with E-state index in [0.717, 1.165) is 84.8 Å². The Balaban J connectivity index is 1.21. The smallest absolute Gasteiger partial charge is 0.438 e. The third-order valence-corrected chi connectivity index (χ3v) is 8.53. The number of halogens is 3. The summed E-state index contributed by atoms with van der Waals surface area (Å²) in [4.78, 5) is 9.49. The maximum atomic E-state index is 13.4. The number of hydrogen-bond acceptors (Lipinski definition) is 7. The molecular weight excluding hydrogens is 557 g/mol. The van der Waals surface area contributed by atoms with Gasteiger partial charge in [-0.2, -0.15) is 23.4 Å². The second-order valence-electron chi connectivity index (χ2n) is 11.7. The van der Waals surface area contributed by atoms with E-state index in [1.54, 1.807) is 0 Å². The van der Waals surface area contributed by atoms with Gasteiger partial charge in [0.1, 0.15) is 11.5 Å². The summed E-state index contributed by atoms with van der Waals surface area (Å²) in [6, 6.07) is 10.8. The van der Waals surface area contributed by atoms with Crippen molar-refractivity contribution in [3.05, 3.63) is 54.0 Å². The molecule has 2 fully saturated rings. The number of piperazine rings is 1. The molecular formula is C31H39F3N8O. The summed E-state index contributed by atoms with van der Waals surface area (Å²) < 4.78 is 49.4. The SMILES string of the molecule is CCNc1cc2c(cn1)c(-c1ccc(CN3CCN(C)CC3)cc1)nn2C1CCC(Oc2cn(C)nc2C(F)(F)F)CC1. The van der Waals surface area contributed by atoms with Crippen LogP contribution in [0, 0.1) is 0 Å². The predicted molar refractivity (Wildman–Crippen MR) is 160 cm³/mol. The second kappa shape index (κ2) is 12.2. The number of benzene rings is 1. The molecule has 3 aromatic heterocycles. The van der Waals surface area contributed by atoms with Gasteiger partial charge in [0.2, 0.25) is 5.69 Å². The van der Waals surface area contributed by atoms with Crippen LogP contribution < -0.4 is 10.1 Å². The number of rotatable bonds is 8. The minimum absolute atomic E-state index is 0.0977. The topological polar surface area (TPSA) is 76.3 Å². The molecule has 0 amide bonds. The zero-order valence-electron chi connectivity index (χ0n) is 24.9. The molecule has 4 aromatic rings. The normalized spacial score (nSPS) is 20.5. The lowest BCUT2D eigenvalue weighted by atomic mass is 9.93. The Hall–Kier alpha value is -3.64. The number of fused-ring (bicyclic) bond motifs is 1. The number of aryl methyl sites for hydroxylation is 1. The summed E-state index contributed by atoms with van der Waals surface area (Å²) in [6.07, 6.45) is 1.05. The van der Waals surface area contributed by atoms with E-state index in [4.69, 9.17) is 9.84 Å². The van der Waals surface area contributed by atoms with Crippen molar-refractivity contribution in [2.45, 2.75) is 57.5 Å². The molecule has 43 heavy (non-hydrogen) atoms. The average molecular weight is 597 g/mol. The van der Waals surface area contributed by atoms with Crippen LogP contribution in [-0.2, 0) is 19.8 Å². The van der Waals surface area contributed by atoms with Crippen molar-refractivity contribution >= 4 is 16.7 Å². The Bertz CT molecular complexity index is 1530. The number of alkyl halides is 3. The summed E-state index contributed by atoms with van der Waals surface area (Å²) in [6.45, 7) is 8.06. The van der Waals surface area contributed by atoms with Gasteiger partial charge in [-0.25, -0.2) is 4.98 Å². The van der Waals surface area contributed by atoms with Crippen molar-refractivity contribution in [3.8, 4) is 17.0 Å². The molecule has 0 spiro atoms. The third-order valence-electron chi connectivity index (χ3n) is 8.53. The minimum Gasteiger partial charge on any atom is -0.486 e. The number of pyridine rings is 1. The Morgan fingerprint density at radius 2 is 1.70 bits per heavy atom. The quantitative estimate of drug-likeness (QED) is 0.284. The molecule has 6 rings (SSSR count). The van der Waals surface area contributed by atoms with Gasteiger partial charge in [-0.1, -0.05) is 24.3 Å². The van der Waals surface area contributed by atoms with Gasteiger partial charge in [0, 0.05) is 69.5 Å². The van der Waals surface area contributed by atoms with Gasteiger partial charge in [-0.05, 0) is 45.2 Å². The van der Waals surface area contributed by atoms with Crippen molar-refractivity contribution in [2.24, 2.45) is 7.05 Å². The van der Waals surface area contributed by atoms with Crippen molar-refractivity contribution in [1.82, 2.24) is 34.3 Å². The molecule has 0 radical (unpaired) electrons. The molecule has 0 bridgehead atoms. The van der Waals surface area contributed by atoms with Gasteiger partial charge < -0.3 is 15.0 Å². The van der Waals surface area contributed by atoms with Gasteiger partial charge in [-0.3, -0.25) is 14.3 Å². The van der Waals surface area contributed by atoms with E-state index in [-0.39, 0.29) is 17.9 Å². The van der Waals surface area contributed by atoms with Gasteiger partial charge >= 0.3 is 6.18 Å². The molecule has 1 saturated heterocycles. The maximum Gasteiger partial charge on any atom is 0.438 e. The monoisotopic (exact) mass is 596 g/mol. The fraction of sp³-hybridized carbons (Fsp3) is 0.516. The first-order chi connectivity index (χ1) is 20.7. The van der Waals surface area contributed by atoms with Gasteiger partial charge in [0.15, 0.2) is 5.75 Å². The molecule has 1 saturated carbocycles. The van der Waals surface area contributed by atoms with E-state index in [0.29, 0.717) is 12.8 Å². The first kappa shape index (κ1) is 29.4. The van der Waals surface area contributed by atoms with E-state index in [9.17, 15) is 13.2 Å². The van der Waals surface area contributed by atoms with Crippen LogP contribution in [0.4, 0.5) is 19.0 Å². The van der Waals surface area contributed by atoms with Crippen LogP contribution in [0.5, 0.6) is 5.75 Å². The highest BCUT2D eigenvalue weighted by molar-refractivity contribution is 5.94. The number of likely N-dealkylation sites (N-methyl/N-ethyl adjacent to an activating group) is 1. The Kier molecular flexibility index (Phi) is 8.32. The molecule has 1 N–H and O–H groups in total. The van der Waals surface area contributed by atoms with E-state index in [1.165, 1.54) is 18.8 Å². The number of nitrogens with one attached hydrogen (secondary N) is 1. The van der Waals surface area contributed by atoms with Crippen LogP contribution in [0.1, 0.15) is 49.9 Å². The first-order valence-electron chi connectivity index (χ1n) is 15.1. The molecule has 9 nitrogen and oxygen atoms in total. The fourth-order valence-corrected chi connectivity index (χ4v) is 6.17. The minimum atomic E-state index is -4.56.